The van der Waals surface area contributed by atoms with Gasteiger partial charge in [-0.2, -0.15) is 4.57 Å². The summed E-state index contributed by atoms with van der Waals surface area (Å²) < 4.78 is 7.79. The van der Waals surface area contributed by atoms with E-state index in [9.17, 15) is 0 Å². The maximum atomic E-state index is 5.67. The van der Waals surface area contributed by atoms with Gasteiger partial charge in [0, 0.05) is 11.1 Å². The van der Waals surface area contributed by atoms with E-state index in [4.69, 9.17) is 4.74 Å². The lowest BCUT2D eigenvalue weighted by Crippen LogP contribution is -2.35. The lowest BCUT2D eigenvalue weighted by molar-refractivity contribution is -0.733. The molecule has 0 N–H and O–H groups in total. The molecule has 0 aliphatic carbocycles. The minimum Gasteiger partial charge on any atom is -0.323 e. The van der Waals surface area contributed by atoms with Gasteiger partial charge in [0.05, 0.1) is 6.61 Å². The number of ether oxygens (including phenoxy) is 1. The van der Waals surface area contributed by atoms with Gasteiger partial charge in [0.15, 0.2) is 12.4 Å². The van der Waals surface area contributed by atoms with Crippen LogP contribution in [0.15, 0.2) is 18.5 Å². The summed E-state index contributed by atoms with van der Waals surface area (Å²) in [6.07, 6.45) is 10.7. The van der Waals surface area contributed by atoms with E-state index >= 15 is 0 Å². The van der Waals surface area contributed by atoms with Gasteiger partial charge in [-0.25, -0.2) is 0 Å². The highest BCUT2D eigenvalue weighted by molar-refractivity contribution is 5.11. The Morgan fingerprint density at radius 3 is 2.29 bits per heavy atom. The quantitative estimate of drug-likeness (QED) is 0.497. The van der Waals surface area contributed by atoms with Crippen LogP contribution in [0.2, 0.25) is 0 Å². The van der Waals surface area contributed by atoms with Crippen LogP contribution in [0.1, 0.15) is 50.2 Å². The Morgan fingerprint density at radius 2 is 1.65 bits per heavy atom. The van der Waals surface area contributed by atoms with Crippen molar-refractivity contribution in [3.05, 3.63) is 29.6 Å². The van der Waals surface area contributed by atoms with Gasteiger partial charge in [-0.05, 0) is 26.3 Å². The molecule has 1 heterocycles. The number of unbranched alkanes of at least 4 members (excludes halogenated alkanes) is 4. The van der Waals surface area contributed by atoms with E-state index in [1.54, 1.807) is 0 Å². The Morgan fingerprint density at radius 1 is 1.00 bits per heavy atom. The predicted molar refractivity (Wildman–Crippen MR) is 70.8 cm³/mol. The van der Waals surface area contributed by atoms with Crippen molar-refractivity contribution in [3.8, 4) is 0 Å². The molecule has 1 rings (SSSR count). The second-order valence-corrected chi connectivity index (χ2v) is 4.86. The fraction of sp³-hybridized carbons (Fsp3) is 0.667. The van der Waals surface area contributed by atoms with Gasteiger partial charge >= 0.3 is 0 Å². The highest BCUT2D eigenvalue weighted by Crippen LogP contribution is 2.02. The van der Waals surface area contributed by atoms with Crippen LogP contribution in [-0.2, 0) is 11.5 Å². The van der Waals surface area contributed by atoms with Crippen molar-refractivity contribution in [1.82, 2.24) is 0 Å². The van der Waals surface area contributed by atoms with Crippen molar-refractivity contribution < 1.29 is 9.30 Å². The van der Waals surface area contributed by atoms with Crippen LogP contribution >= 0.6 is 0 Å². The Kier molecular flexibility index (Phi) is 6.87. The molecule has 0 saturated heterocycles. The van der Waals surface area contributed by atoms with Crippen LogP contribution in [-0.4, -0.2) is 6.61 Å². The summed E-state index contributed by atoms with van der Waals surface area (Å²) in [5.74, 6) is 0. The van der Waals surface area contributed by atoms with E-state index in [-0.39, 0.29) is 0 Å². The van der Waals surface area contributed by atoms with Crippen molar-refractivity contribution in [2.45, 2.75) is 59.6 Å². The van der Waals surface area contributed by atoms with Gasteiger partial charge in [-0.15, -0.1) is 0 Å². The second-order valence-electron chi connectivity index (χ2n) is 4.86. The molecule has 1 aromatic heterocycles. The summed E-state index contributed by atoms with van der Waals surface area (Å²) in [5.41, 5.74) is 2.58. The van der Waals surface area contributed by atoms with Crippen LogP contribution in [0.4, 0.5) is 0 Å². The molecule has 0 amide bonds. The predicted octanol–water partition coefficient (Wildman–Crippen LogP) is 3.54. The van der Waals surface area contributed by atoms with Crippen LogP contribution in [0.3, 0.4) is 0 Å². The average Bonchev–Trinajstić information content (AvgIpc) is 2.26. The fourth-order valence-corrected chi connectivity index (χ4v) is 2.05. The van der Waals surface area contributed by atoms with Gasteiger partial charge in [0.25, 0.3) is 6.73 Å². The zero-order chi connectivity index (χ0) is 12.5. The molecular formula is C15H26NO+. The summed E-state index contributed by atoms with van der Waals surface area (Å²) in [5, 5.41) is 0. The third kappa shape index (κ3) is 6.42. The van der Waals surface area contributed by atoms with Crippen molar-refractivity contribution in [2.24, 2.45) is 0 Å². The zero-order valence-electron chi connectivity index (χ0n) is 11.5. The molecule has 17 heavy (non-hydrogen) atoms. The molecule has 0 atom stereocenters. The molecule has 0 aliphatic heterocycles. The molecule has 2 nitrogen and oxygen atoms in total. The van der Waals surface area contributed by atoms with Crippen molar-refractivity contribution in [1.29, 1.82) is 0 Å². The first kappa shape index (κ1) is 14.2. The Balaban J connectivity index is 2.13. The first-order valence-electron chi connectivity index (χ1n) is 6.77. The number of aryl methyl sites for hydroxylation is 2. The lowest BCUT2D eigenvalue weighted by Gasteiger charge is -2.02. The van der Waals surface area contributed by atoms with Gasteiger partial charge < -0.3 is 4.74 Å². The molecular weight excluding hydrogens is 210 g/mol. The molecule has 0 fully saturated rings. The summed E-state index contributed by atoms with van der Waals surface area (Å²) in [6, 6.07) is 2.18. The topological polar surface area (TPSA) is 13.1 Å². The average molecular weight is 236 g/mol. The number of nitrogens with zero attached hydrogens (tertiary/aromatic N) is 1. The van der Waals surface area contributed by atoms with E-state index in [0.717, 1.165) is 6.61 Å². The molecule has 0 spiro atoms. The number of aromatic nitrogens is 1. The summed E-state index contributed by atoms with van der Waals surface area (Å²) in [7, 11) is 0. The van der Waals surface area contributed by atoms with Crippen LogP contribution in [0.25, 0.3) is 0 Å². The van der Waals surface area contributed by atoms with E-state index in [1.807, 2.05) is 0 Å². The van der Waals surface area contributed by atoms with Crippen molar-refractivity contribution >= 4 is 0 Å². The maximum absolute atomic E-state index is 5.67. The SMILES string of the molecule is CCCCCCCOC[n+]1cc(C)cc(C)c1. The fourth-order valence-electron chi connectivity index (χ4n) is 2.05. The largest absolute Gasteiger partial charge is 0.323 e. The molecule has 0 radical (unpaired) electrons. The van der Waals surface area contributed by atoms with Gasteiger partial charge in [-0.3, -0.25) is 0 Å². The van der Waals surface area contributed by atoms with Crippen molar-refractivity contribution in [3.63, 3.8) is 0 Å². The van der Waals surface area contributed by atoms with Crippen LogP contribution in [0.5, 0.6) is 0 Å². The van der Waals surface area contributed by atoms with E-state index in [2.05, 4.69) is 43.8 Å². The van der Waals surface area contributed by atoms with Crippen LogP contribution in [0, 0.1) is 13.8 Å². The Hall–Kier alpha value is -0.890. The third-order valence-electron chi connectivity index (χ3n) is 2.83. The minimum atomic E-state index is 0.677. The third-order valence-corrected chi connectivity index (χ3v) is 2.83. The first-order chi connectivity index (χ1) is 8.22. The Bertz CT molecular complexity index is 302. The molecule has 1 aromatic rings. The normalized spacial score (nSPS) is 10.8. The standard InChI is InChI=1S/C15H26NO/c1-4-5-6-7-8-9-17-13-16-11-14(2)10-15(3)12-16/h10-12H,4-9,13H2,1-3H3/q+1. The number of hydrogen-bond donors (Lipinski definition) is 0. The lowest BCUT2D eigenvalue weighted by atomic mass is 10.2. The second kappa shape index (κ2) is 8.24. The molecule has 2 heteroatoms. The first-order valence-corrected chi connectivity index (χ1v) is 6.77. The summed E-state index contributed by atoms with van der Waals surface area (Å²) in [4.78, 5) is 0. The van der Waals surface area contributed by atoms with Gasteiger partial charge in [0.2, 0.25) is 0 Å². The minimum absolute atomic E-state index is 0.677. The molecule has 0 unspecified atom stereocenters. The molecule has 96 valence electrons. The number of rotatable bonds is 8. The summed E-state index contributed by atoms with van der Waals surface area (Å²) in [6.45, 7) is 8.04. The Labute approximate surface area is 106 Å². The maximum Gasteiger partial charge on any atom is 0.252 e. The highest BCUT2D eigenvalue weighted by Gasteiger charge is 2.02. The monoisotopic (exact) mass is 236 g/mol. The number of pyridine rings is 1. The molecule has 0 aromatic carbocycles. The van der Waals surface area contributed by atoms with Crippen molar-refractivity contribution in [2.75, 3.05) is 6.61 Å². The van der Waals surface area contributed by atoms with E-state index < -0.39 is 0 Å². The molecule has 0 saturated carbocycles. The molecule has 0 aliphatic rings. The number of hydrogen-bond acceptors (Lipinski definition) is 1. The van der Waals surface area contributed by atoms with E-state index in [1.165, 1.54) is 43.2 Å². The summed E-state index contributed by atoms with van der Waals surface area (Å²) >= 11 is 0. The van der Waals surface area contributed by atoms with Gasteiger partial charge in [-0.1, -0.05) is 32.6 Å². The zero-order valence-corrected chi connectivity index (χ0v) is 11.5. The molecule has 0 bridgehead atoms. The van der Waals surface area contributed by atoms with E-state index in [0.29, 0.717) is 6.73 Å². The van der Waals surface area contributed by atoms with Crippen LogP contribution < -0.4 is 4.57 Å². The van der Waals surface area contributed by atoms with Gasteiger partial charge in [0.1, 0.15) is 0 Å². The highest BCUT2D eigenvalue weighted by atomic mass is 16.5. The smallest absolute Gasteiger partial charge is 0.252 e.